The molecule has 3 nitrogen and oxygen atoms in total. The lowest BCUT2D eigenvalue weighted by Gasteiger charge is -2.18. The van der Waals surface area contributed by atoms with Crippen molar-refractivity contribution in [1.82, 2.24) is 0 Å². The van der Waals surface area contributed by atoms with Crippen molar-refractivity contribution in [3.05, 3.63) is 53.6 Å². The maximum Gasteiger partial charge on any atom is 0.308 e. The summed E-state index contributed by atoms with van der Waals surface area (Å²) in [4.78, 5) is 11.9. The first-order chi connectivity index (χ1) is 11.6. The van der Waals surface area contributed by atoms with Crippen LogP contribution in [-0.2, 0) is 16.0 Å². The minimum absolute atomic E-state index is 0.182. The molecule has 0 aliphatic heterocycles. The van der Waals surface area contributed by atoms with Crippen LogP contribution in [0.3, 0.4) is 0 Å². The molecule has 24 heavy (non-hydrogen) atoms. The van der Waals surface area contributed by atoms with E-state index in [1.165, 1.54) is 34.4 Å². The van der Waals surface area contributed by atoms with Gasteiger partial charge in [0.2, 0.25) is 0 Å². The molecule has 0 saturated heterocycles. The summed E-state index contributed by atoms with van der Waals surface area (Å²) in [5, 5.41) is 4.77. The summed E-state index contributed by atoms with van der Waals surface area (Å²) in [6.45, 7) is 4.03. The quantitative estimate of drug-likeness (QED) is 0.517. The third-order valence-corrected chi connectivity index (χ3v) is 4.74. The van der Waals surface area contributed by atoms with E-state index in [1.807, 2.05) is 13.0 Å². The molecule has 0 bridgehead atoms. The van der Waals surface area contributed by atoms with E-state index in [9.17, 15) is 4.79 Å². The molecule has 124 valence electrons. The fourth-order valence-electron chi connectivity index (χ4n) is 3.40. The summed E-state index contributed by atoms with van der Waals surface area (Å²) in [7, 11) is 3.11. The molecular weight excluding hydrogens is 300 g/mol. The van der Waals surface area contributed by atoms with Gasteiger partial charge >= 0.3 is 5.97 Å². The van der Waals surface area contributed by atoms with Crippen molar-refractivity contribution in [1.29, 1.82) is 0 Å². The summed E-state index contributed by atoms with van der Waals surface area (Å²) in [6, 6.07) is 14.5. The minimum atomic E-state index is -0.190. The number of hydrogen-bond donors (Lipinski definition) is 0. The smallest absolute Gasteiger partial charge is 0.308 e. The molecule has 0 spiro atoms. The standard InChI is InChI=1S/C21H22O3/c1-13(21(22)24-4)11-19-14(2)16-7-5-6-8-17(16)18-10-9-15(23-3)12-20(18)19/h5-10,12-13H,11H2,1-4H3. The van der Waals surface area contributed by atoms with E-state index in [2.05, 4.69) is 43.3 Å². The molecule has 0 fully saturated rings. The lowest BCUT2D eigenvalue weighted by atomic mass is 9.88. The highest BCUT2D eigenvalue weighted by atomic mass is 16.5. The number of carbonyl (C=O) groups excluding carboxylic acids is 1. The lowest BCUT2D eigenvalue weighted by molar-refractivity contribution is -0.144. The van der Waals surface area contributed by atoms with Crippen LogP contribution in [-0.4, -0.2) is 20.2 Å². The molecule has 1 atom stereocenters. The Balaban J connectivity index is 2.30. The van der Waals surface area contributed by atoms with E-state index < -0.39 is 0 Å². The van der Waals surface area contributed by atoms with E-state index in [0.29, 0.717) is 6.42 Å². The van der Waals surface area contributed by atoms with Crippen LogP contribution < -0.4 is 4.74 Å². The molecule has 0 saturated carbocycles. The van der Waals surface area contributed by atoms with Crippen LogP contribution in [0, 0.1) is 12.8 Å². The van der Waals surface area contributed by atoms with Gasteiger partial charge in [-0.15, -0.1) is 0 Å². The molecule has 0 N–H and O–H groups in total. The molecule has 0 heterocycles. The zero-order chi connectivity index (χ0) is 17.3. The van der Waals surface area contributed by atoms with Crippen molar-refractivity contribution in [2.24, 2.45) is 5.92 Å². The highest BCUT2D eigenvalue weighted by Crippen LogP contribution is 2.35. The van der Waals surface area contributed by atoms with Gasteiger partial charge in [-0.1, -0.05) is 37.3 Å². The third kappa shape index (κ3) is 2.71. The Bertz CT molecular complexity index is 912. The van der Waals surface area contributed by atoms with Gasteiger partial charge in [-0.05, 0) is 58.1 Å². The van der Waals surface area contributed by atoms with Gasteiger partial charge in [0.15, 0.2) is 0 Å². The molecule has 3 heteroatoms. The molecule has 3 rings (SSSR count). The number of esters is 1. The highest BCUT2D eigenvalue weighted by molar-refractivity contribution is 6.11. The largest absolute Gasteiger partial charge is 0.497 e. The molecule has 0 aliphatic carbocycles. The number of benzene rings is 3. The molecule has 0 radical (unpaired) electrons. The monoisotopic (exact) mass is 322 g/mol. The van der Waals surface area contributed by atoms with Crippen LogP contribution in [0.1, 0.15) is 18.1 Å². The van der Waals surface area contributed by atoms with Gasteiger partial charge in [0.1, 0.15) is 5.75 Å². The Morgan fingerprint density at radius 1 is 1.00 bits per heavy atom. The van der Waals surface area contributed by atoms with Gasteiger partial charge in [0.25, 0.3) is 0 Å². The summed E-state index contributed by atoms with van der Waals surface area (Å²) in [5.41, 5.74) is 2.39. The van der Waals surface area contributed by atoms with E-state index in [0.717, 1.165) is 11.1 Å². The Morgan fingerprint density at radius 3 is 2.33 bits per heavy atom. The molecule has 3 aromatic rings. The van der Waals surface area contributed by atoms with Crippen molar-refractivity contribution >= 4 is 27.5 Å². The number of methoxy groups -OCH3 is 2. The fourth-order valence-corrected chi connectivity index (χ4v) is 3.40. The number of carbonyl (C=O) groups is 1. The molecule has 1 unspecified atom stereocenters. The average molecular weight is 322 g/mol. The Kier molecular flexibility index (Phi) is 4.43. The van der Waals surface area contributed by atoms with E-state index in [4.69, 9.17) is 9.47 Å². The van der Waals surface area contributed by atoms with Crippen molar-refractivity contribution in [3.8, 4) is 5.75 Å². The summed E-state index contributed by atoms with van der Waals surface area (Å²) < 4.78 is 10.3. The molecule has 0 aromatic heterocycles. The number of ether oxygens (including phenoxy) is 2. The first kappa shape index (κ1) is 16.3. The second-order valence-electron chi connectivity index (χ2n) is 6.19. The van der Waals surface area contributed by atoms with Crippen molar-refractivity contribution in [2.45, 2.75) is 20.3 Å². The summed E-state index contributed by atoms with van der Waals surface area (Å²) in [6.07, 6.45) is 0.646. The van der Waals surface area contributed by atoms with Crippen LogP contribution in [0.5, 0.6) is 5.75 Å². The van der Waals surface area contributed by atoms with Gasteiger partial charge in [-0.3, -0.25) is 4.79 Å². The predicted octanol–water partition coefficient (Wildman–Crippen LogP) is 4.66. The minimum Gasteiger partial charge on any atom is -0.497 e. The summed E-state index contributed by atoms with van der Waals surface area (Å²) >= 11 is 0. The van der Waals surface area contributed by atoms with Crippen molar-refractivity contribution < 1.29 is 14.3 Å². The first-order valence-corrected chi connectivity index (χ1v) is 8.12. The number of fused-ring (bicyclic) bond motifs is 3. The van der Waals surface area contributed by atoms with Gasteiger partial charge < -0.3 is 9.47 Å². The maximum atomic E-state index is 11.9. The zero-order valence-corrected chi connectivity index (χ0v) is 14.6. The highest BCUT2D eigenvalue weighted by Gasteiger charge is 2.19. The maximum absolute atomic E-state index is 11.9. The van der Waals surface area contributed by atoms with Gasteiger partial charge in [-0.2, -0.15) is 0 Å². The lowest BCUT2D eigenvalue weighted by Crippen LogP contribution is -2.16. The number of aryl methyl sites for hydroxylation is 1. The van der Waals surface area contributed by atoms with Crippen molar-refractivity contribution in [2.75, 3.05) is 14.2 Å². The average Bonchev–Trinajstić information content (AvgIpc) is 2.63. The molecule has 3 aromatic carbocycles. The van der Waals surface area contributed by atoms with Gasteiger partial charge in [0.05, 0.1) is 20.1 Å². The zero-order valence-electron chi connectivity index (χ0n) is 14.6. The van der Waals surface area contributed by atoms with Crippen LogP contribution in [0.4, 0.5) is 0 Å². The molecule has 0 aliphatic rings. The predicted molar refractivity (Wildman–Crippen MR) is 97.6 cm³/mol. The molecular formula is C21H22O3. The first-order valence-electron chi connectivity index (χ1n) is 8.12. The fraction of sp³-hybridized carbons (Fsp3) is 0.286. The second-order valence-corrected chi connectivity index (χ2v) is 6.19. The second kappa shape index (κ2) is 6.52. The van der Waals surface area contributed by atoms with Crippen LogP contribution in [0.2, 0.25) is 0 Å². The Labute approximate surface area is 142 Å². The van der Waals surface area contributed by atoms with Crippen molar-refractivity contribution in [3.63, 3.8) is 0 Å². The van der Waals surface area contributed by atoms with Crippen LogP contribution in [0.15, 0.2) is 42.5 Å². The Hall–Kier alpha value is -2.55. The van der Waals surface area contributed by atoms with E-state index in [-0.39, 0.29) is 11.9 Å². The number of rotatable bonds is 4. The SMILES string of the molecule is COC(=O)C(C)Cc1c(C)c2ccccc2c2ccc(OC)cc12. The Morgan fingerprint density at radius 2 is 1.67 bits per heavy atom. The topological polar surface area (TPSA) is 35.5 Å². The van der Waals surface area contributed by atoms with Gasteiger partial charge in [0, 0.05) is 0 Å². The number of hydrogen-bond acceptors (Lipinski definition) is 3. The van der Waals surface area contributed by atoms with E-state index >= 15 is 0 Å². The van der Waals surface area contributed by atoms with Gasteiger partial charge in [-0.25, -0.2) is 0 Å². The van der Waals surface area contributed by atoms with Crippen LogP contribution >= 0.6 is 0 Å². The van der Waals surface area contributed by atoms with E-state index in [1.54, 1.807) is 7.11 Å². The van der Waals surface area contributed by atoms with Crippen LogP contribution in [0.25, 0.3) is 21.5 Å². The normalized spacial score (nSPS) is 12.3. The molecule has 0 amide bonds. The third-order valence-electron chi connectivity index (χ3n) is 4.74. The summed E-state index contributed by atoms with van der Waals surface area (Å²) in [5.74, 6) is 0.451.